The van der Waals surface area contributed by atoms with Gasteiger partial charge in [-0.05, 0) is 111 Å². The van der Waals surface area contributed by atoms with Crippen LogP contribution >= 0.6 is 0 Å². The van der Waals surface area contributed by atoms with Gasteiger partial charge in [0.15, 0.2) is 0 Å². The molecule has 0 unspecified atom stereocenters. The van der Waals surface area contributed by atoms with Crippen LogP contribution in [0.5, 0.6) is 23.0 Å². The summed E-state index contributed by atoms with van der Waals surface area (Å²) in [6, 6.07) is 16.3. The molecular formula is C36H38O10. The Morgan fingerprint density at radius 3 is 1.65 bits per heavy atom. The molecule has 0 aliphatic heterocycles. The van der Waals surface area contributed by atoms with E-state index in [1.165, 1.54) is 0 Å². The van der Waals surface area contributed by atoms with Crippen LogP contribution in [0.25, 0.3) is 0 Å². The van der Waals surface area contributed by atoms with Crippen molar-refractivity contribution in [3.8, 4) is 23.0 Å². The monoisotopic (exact) mass is 630 g/mol. The Morgan fingerprint density at radius 2 is 1.07 bits per heavy atom. The topological polar surface area (TPSA) is 124 Å². The van der Waals surface area contributed by atoms with Gasteiger partial charge in [0.1, 0.15) is 23.0 Å². The zero-order valence-electron chi connectivity index (χ0n) is 26.1. The molecule has 0 radical (unpaired) electrons. The van der Waals surface area contributed by atoms with Crippen molar-refractivity contribution in [3.63, 3.8) is 0 Å². The van der Waals surface area contributed by atoms with Gasteiger partial charge in [0, 0.05) is 12.2 Å². The smallest absolute Gasteiger partial charge is 0.343 e. The quantitative estimate of drug-likeness (QED) is 0.0664. The first kappa shape index (κ1) is 35.1. The Morgan fingerprint density at radius 1 is 0.565 bits per heavy atom. The summed E-state index contributed by atoms with van der Waals surface area (Å²) in [7, 11) is 0. The number of ether oxygens (including phenoxy) is 6. The molecule has 0 amide bonds. The Labute approximate surface area is 268 Å². The average molecular weight is 631 g/mol. The van der Waals surface area contributed by atoms with Crippen molar-refractivity contribution in [3.05, 3.63) is 108 Å². The molecule has 0 spiro atoms. The number of hydrogen-bond donors (Lipinski definition) is 0. The van der Waals surface area contributed by atoms with E-state index in [2.05, 4.69) is 13.2 Å². The third-order valence-corrected chi connectivity index (χ3v) is 6.49. The fourth-order valence-corrected chi connectivity index (χ4v) is 3.99. The molecule has 3 rings (SSSR count). The number of hydrogen-bond acceptors (Lipinski definition) is 10. The molecule has 3 aromatic carbocycles. The summed E-state index contributed by atoms with van der Waals surface area (Å²) < 4.78 is 32.4. The summed E-state index contributed by atoms with van der Waals surface area (Å²) in [6.07, 6.45) is 4.95. The van der Waals surface area contributed by atoms with Crippen LogP contribution in [-0.2, 0) is 19.1 Å². The third kappa shape index (κ3) is 11.6. The fourth-order valence-electron chi connectivity index (χ4n) is 3.99. The fraction of sp³-hybridized carbons (Fsp3) is 0.278. The normalized spacial score (nSPS) is 10.3. The van der Waals surface area contributed by atoms with Crippen LogP contribution in [0.15, 0.2) is 86.0 Å². The van der Waals surface area contributed by atoms with Crippen molar-refractivity contribution in [1.29, 1.82) is 0 Å². The molecule has 242 valence electrons. The Kier molecular flexibility index (Phi) is 14.1. The van der Waals surface area contributed by atoms with Crippen molar-refractivity contribution >= 4 is 23.9 Å². The number of aryl methyl sites for hydroxylation is 2. The van der Waals surface area contributed by atoms with Crippen LogP contribution in [-0.4, -0.2) is 50.3 Å². The number of rotatable bonds is 18. The summed E-state index contributed by atoms with van der Waals surface area (Å²) in [4.78, 5) is 47.6. The van der Waals surface area contributed by atoms with Gasteiger partial charge < -0.3 is 28.4 Å². The third-order valence-electron chi connectivity index (χ3n) is 6.49. The van der Waals surface area contributed by atoms with Crippen LogP contribution < -0.4 is 18.9 Å². The number of carbonyl (C=O) groups is 4. The van der Waals surface area contributed by atoms with Gasteiger partial charge >= 0.3 is 23.9 Å². The van der Waals surface area contributed by atoms with Crippen molar-refractivity contribution in [2.75, 3.05) is 26.4 Å². The van der Waals surface area contributed by atoms with Gasteiger partial charge in [-0.15, -0.1) is 0 Å². The highest BCUT2D eigenvalue weighted by molar-refractivity contribution is 5.92. The highest BCUT2D eigenvalue weighted by Gasteiger charge is 2.15. The van der Waals surface area contributed by atoms with Crippen LogP contribution in [0.3, 0.4) is 0 Å². The van der Waals surface area contributed by atoms with E-state index in [1.807, 2.05) is 6.92 Å². The maximum absolute atomic E-state index is 12.8. The van der Waals surface area contributed by atoms with E-state index in [4.69, 9.17) is 28.4 Å². The molecule has 0 aromatic heterocycles. The lowest BCUT2D eigenvalue weighted by Crippen LogP contribution is -2.11. The predicted molar refractivity (Wildman–Crippen MR) is 170 cm³/mol. The van der Waals surface area contributed by atoms with Gasteiger partial charge in [0.05, 0.1) is 37.6 Å². The van der Waals surface area contributed by atoms with E-state index in [9.17, 15) is 19.2 Å². The van der Waals surface area contributed by atoms with Gasteiger partial charge in [0.2, 0.25) is 0 Å². The highest BCUT2D eigenvalue weighted by atomic mass is 16.5. The molecule has 0 aliphatic rings. The first-order chi connectivity index (χ1) is 22.2. The number of carbonyl (C=O) groups excluding carboxylic acids is 4. The molecule has 3 aromatic rings. The molecule has 0 saturated carbocycles. The van der Waals surface area contributed by atoms with Gasteiger partial charge in [-0.1, -0.05) is 13.2 Å². The zero-order chi connectivity index (χ0) is 33.3. The van der Waals surface area contributed by atoms with Crippen molar-refractivity contribution in [1.82, 2.24) is 0 Å². The summed E-state index contributed by atoms with van der Waals surface area (Å²) in [5, 5.41) is 0. The molecule has 0 saturated heterocycles. The molecule has 0 bridgehead atoms. The second-order valence-electron chi connectivity index (χ2n) is 10.1. The molecule has 0 heterocycles. The molecule has 46 heavy (non-hydrogen) atoms. The molecule has 10 nitrogen and oxygen atoms in total. The first-order valence-corrected chi connectivity index (χ1v) is 14.8. The van der Waals surface area contributed by atoms with Gasteiger partial charge in [-0.2, -0.15) is 0 Å². The lowest BCUT2D eigenvalue weighted by atomic mass is 10.1. The van der Waals surface area contributed by atoms with Crippen molar-refractivity contribution in [2.24, 2.45) is 0 Å². The molecule has 0 aliphatic carbocycles. The van der Waals surface area contributed by atoms with E-state index in [0.717, 1.165) is 17.7 Å². The van der Waals surface area contributed by atoms with Crippen LogP contribution in [0.4, 0.5) is 0 Å². The van der Waals surface area contributed by atoms with E-state index in [-0.39, 0.29) is 0 Å². The van der Waals surface area contributed by atoms with Crippen LogP contribution in [0.1, 0.15) is 57.5 Å². The first-order valence-electron chi connectivity index (χ1n) is 14.8. The molecule has 10 heteroatoms. The molecule has 0 atom stereocenters. The van der Waals surface area contributed by atoms with Gasteiger partial charge in [0.25, 0.3) is 0 Å². The minimum atomic E-state index is -0.544. The average Bonchev–Trinajstić information content (AvgIpc) is 3.05. The Balaban J connectivity index is 1.45. The minimum absolute atomic E-state index is 0.298. The zero-order valence-corrected chi connectivity index (χ0v) is 26.1. The lowest BCUT2D eigenvalue weighted by Gasteiger charge is -2.12. The second-order valence-corrected chi connectivity index (χ2v) is 10.1. The molecule has 0 fully saturated rings. The summed E-state index contributed by atoms with van der Waals surface area (Å²) in [5.74, 6) is -0.108. The van der Waals surface area contributed by atoms with Gasteiger partial charge in [-0.3, -0.25) is 0 Å². The van der Waals surface area contributed by atoms with E-state index >= 15 is 0 Å². The predicted octanol–water partition coefficient (Wildman–Crippen LogP) is 6.52. The number of unbranched alkanes of at least 4 members (excludes halogenated alkanes) is 2. The standard InChI is InChI=1S/C36H38O10/c1-5-33(37)43-21-9-7-19-41-29-14-11-27(12-15-29)35(39)46-32-18-16-30(24-26(32)4)45-36(40)28-13-17-31(25(3)23-28)42-20-8-10-22-44-34(38)6-2/h5-6,11-18,23-24H,1-2,7-10,19-22H2,3-4H3. The second kappa shape index (κ2) is 18.4. The van der Waals surface area contributed by atoms with Gasteiger partial charge in [-0.25, -0.2) is 19.2 Å². The maximum Gasteiger partial charge on any atom is 0.343 e. The Bertz CT molecular complexity index is 1520. The van der Waals surface area contributed by atoms with Crippen LogP contribution in [0, 0.1) is 13.8 Å². The van der Waals surface area contributed by atoms with Crippen molar-refractivity contribution < 1.29 is 47.6 Å². The maximum atomic E-state index is 12.8. The van der Waals surface area contributed by atoms with E-state index in [0.29, 0.717) is 91.8 Å². The summed E-state index contributed by atoms with van der Waals surface area (Å²) in [5.41, 5.74) is 2.08. The highest BCUT2D eigenvalue weighted by Crippen LogP contribution is 2.26. The summed E-state index contributed by atoms with van der Waals surface area (Å²) >= 11 is 0. The van der Waals surface area contributed by atoms with Crippen molar-refractivity contribution in [2.45, 2.75) is 39.5 Å². The van der Waals surface area contributed by atoms with Crippen LogP contribution in [0.2, 0.25) is 0 Å². The molecular weight excluding hydrogens is 592 g/mol. The Hall–Kier alpha value is -5.38. The van der Waals surface area contributed by atoms with E-state index in [1.54, 1.807) is 67.6 Å². The lowest BCUT2D eigenvalue weighted by molar-refractivity contribution is -0.138. The largest absolute Gasteiger partial charge is 0.494 e. The SMILES string of the molecule is C=CC(=O)OCCCCOc1ccc(C(=O)Oc2ccc(OC(=O)c3ccc(OCCCCOC(=O)C=C)c(C)c3)cc2C)cc1. The summed E-state index contributed by atoms with van der Waals surface area (Å²) in [6.45, 7) is 11.7. The number of benzene rings is 3. The number of esters is 4. The molecule has 0 N–H and O–H groups in total. The minimum Gasteiger partial charge on any atom is -0.494 e. The van der Waals surface area contributed by atoms with E-state index < -0.39 is 23.9 Å².